The normalized spacial score (nSPS) is 26.5. The molecule has 1 spiro atoms. The van der Waals surface area contributed by atoms with Gasteiger partial charge in [0.2, 0.25) is 0 Å². The van der Waals surface area contributed by atoms with Crippen LogP contribution in [0.15, 0.2) is 43.0 Å². The van der Waals surface area contributed by atoms with E-state index in [1.807, 2.05) is 0 Å². The maximum absolute atomic E-state index is 16.8. The van der Waals surface area contributed by atoms with Crippen molar-refractivity contribution in [3.8, 4) is 22.9 Å². The van der Waals surface area contributed by atoms with Crippen LogP contribution in [0, 0.1) is 11.6 Å². The van der Waals surface area contributed by atoms with Crippen molar-refractivity contribution in [2.24, 2.45) is 0 Å². The molecule has 4 aromatic rings. The van der Waals surface area contributed by atoms with Gasteiger partial charge in [-0.05, 0) is 74.0 Å². The Hall–Kier alpha value is -3.89. The topological polar surface area (TPSA) is 73.8 Å². The summed E-state index contributed by atoms with van der Waals surface area (Å²) in [5.74, 6) is -0.589. The van der Waals surface area contributed by atoms with Crippen LogP contribution in [0.5, 0.6) is 11.8 Å². The number of alkyl halides is 1. The highest BCUT2D eigenvalue weighted by atomic mass is 19.1. The molecule has 0 amide bonds. The summed E-state index contributed by atoms with van der Waals surface area (Å²) in [5.41, 5.74) is 0.425. The van der Waals surface area contributed by atoms with Gasteiger partial charge >= 0.3 is 6.01 Å². The number of phenols is 1. The molecule has 0 aliphatic carbocycles. The van der Waals surface area contributed by atoms with Gasteiger partial charge in [-0.3, -0.25) is 4.90 Å². The number of benzene rings is 3. The number of ether oxygens (including phenoxy) is 1. The molecular formula is C34H34F3N5O2. The molecule has 3 atom stereocenters. The highest BCUT2D eigenvalue weighted by Crippen LogP contribution is 2.43. The monoisotopic (exact) mass is 601 g/mol. The first kappa shape index (κ1) is 27.6. The molecule has 0 saturated carbocycles. The Labute approximate surface area is 253 Å². The summed E-state index contributed by atoms with van der Waals surface area (Å²) in [4.78, 5) is 13.7. The third-order valence-electron chi connectivity index (χ3n) is 10.3. The van der Waals surface area contributed by atoms with Crippen molar-refractivity contribution in [2.75, 3.05) is 44.2 Å². The lowest BCUT2D eigenvalue weighted by Crippen LogP contribution is -2.58. The number of nitrogens with one attached hydrogen (secondary N) is 1. The summed E-state index contributed by atoms with van der Waals surface area (Å²) in [6, 6.07) is 9.30. The van der Waals surface area contributed by atoms with Gasteiger partial charge < -0.3 is 20.1 Å². The lowest BCUT2D eigenvalue weighted by atomic mass is 9.87. The second-order valence-electron chi connectivity index (χ2n) is 12.9. The molecule has 10 heteroatoms. The minimum absolute atomic E-state index is 0.0335. The molecule has 0 radical (unpaired) electrons. The second-order valence-corrected chi connectivity index (χ2v) is 12.9. The van der Waals surface area contributed by atoms with Gasteiger partial charge in [-0.25, -0.2) is 13.2 Å². The molecule has 2 unspecified atom stereocenters. The second kappa shape index (κ2) is 10.1. The van der Waals surface area contributed by atoms with Crippen LogP contribution < -0.4 is 15.0 Å². The number of halogens is 3. The number of nitrogens with zero attached hydrogens (tertiary/aromatic N) is 4. The smallest absolute Gasteiger partial charge is 0.319 e. The number of fused-ring (bicyclic) bond motifs is 3. The Morgan fingerprint density at radius 2 is 1.95 bits per heavy atom. The van der Waals surface area contributed by atoms with Gasteiger partial charge in [0, 0.05) is 53.5 Å². The summed E-state index contributed by atoms with van der Waals surface area (Å²) in [6.07, 6.45) is 4.74. The van der Waals surface area contributed by atoms with Crippen LogP contribution in [0.25, 0.3) is 38.9 Å². The molecule has 4 fully saturated rings. The van der Waals surface area contributed by atoms with Gasteiger partial charge in [0.15, 0.2) is 5.82 Å². The van der Waals surface area contributed by atoms with E-state index < -0.39 is 23.3 Å². The Bertz CT molecular complexity index is 1830. The standard InChI is InChI=1S/C34H34F3N5O2/c1-2-23-27(36)7-4-20-14-22(43)15-26(28(20)23)24-5-6-25-30(29(24)37)39-32(40-31(25)41-13-10-33(18-41)9-11-38-33)44-19-34-8-3-12-42(34)17-21(35)16-34/h2,4-7,14-15,21,38,43H,1,3,8-13,16-19H2/t21-,33?,34?/m1/s1. The number of anilines is 1. The molecule has 2 N–H and O–H groups in total. The predicted octanol–water partition coefficient (Wildman–Crippen LogP) is 5.97. The SMILES string of the molecule is C=Cc1c(F)ccc2cc(O)cc(-c3ccc4c(N5CCC6(CCN6)C5)nc(OCC56CCCN5C[C@H](F)C6)nc4c3F)c12. The van der Waals surface area contributed by atoms with Crippen LogP contribution in [0.2, 0.25) is 0 Å². The van der Waals surface area contributed by atoms with Crippen molar-refractivity contribution in [1.29, 1.82) is 0 Å². The molecule has 8 rings (SSSR count). The van der Waals surface area contributed by atoms with E-state index in [0.29, 0.717) is 40.5 Å². The average molecular weight is 602 g/mol. The maximum Gasteiger partial charge on any atom is 0.319 e. The zero-order chi connectivity index (χ0) is 30.2. The van der Waals surface area contributed by atoms with E-state index in [1.54, 1.807) is 18.2 Å². The molecule has 1 aromatic heterocycles. The fraction of sp³-hybridized carbons (Fsp3) is 0.412. The highest BCUT2D eigenvalue weighted by Gasteiger charge is 2.49. The fourth-order valence-corrected chi connectivity index (χ4v) is 8.03. The van der Waals surface area contributed by atoms with Crippen LogP contribution >= 0.6 is 0 Å². The zero-order valence-electron chi connectivity index (χ0n) is 24.4. The lowest BCUT2D eigenvalue weighted by molar-refractivity contribution is 0.107. The van der Waals surface area contributed by atoms with Gasteiger partial charge in [-0.15, -0.1) is 0 Å². The van der Waals surface area contributed by atoms with Crippen LogP contribution in [0.3, 0.4) is 0 Å². The van der Waals surface area contributed by atoms with Gasteiger partial charge in [0.05, 0.1) is 5.54 Å². The fourth-order valence-electron chi connectivity index (χ4n) is 8.03. The van der Waals surface area contributed by atoms with E-state index in [0.717, 1.165) is 51.9 Å². The Kier molecular flexibility index (Phi) is 6.33. The number of hydrogen-bond acceptors (Lipinski definition) is 7. The lowest BCUT2D eigenvalue weighted by Gasteiger charge is -2.39. The van der Waals surface area contributed by atoms with Gasteiger partial charge in [-0.1, -0.05) is 24.8 Å². The first-order valence-electron chi connectivity index (χ1n) is 15.4. The average Bonchev–Trinajstić information content (AvgIpc) is 3.69. The summed E-state index contributed by atoms with van der Waals surface area (Å²) >= 11 is 0. The molecule has 5 heterocycles. The first-order valence-corrected chi connectivity index (χ1v) is 15.4. The molecule has 7 nitrogen and oxygen atoms in total. The van der Waals surface area contributed by atoms with Gasteiger partial charge in [0.25, 0.3) is 0 Å². The molecule has 4 saturated heterocycles. The summed E-state index contributed by atoms with van der Waals surface area (Å²) < 4.78 is 52.4. The minimum Gasteiger partial charge on any atom is -0.508 e. The van der Waals surface area contributed by atoms with E-state index in [9.17, 15) is 13.9 Å². The highest BCUT2D eigenvalue weighted by molar-refractivity contribution is 6.05. The number of phenolic OH excluding ortho intramolecular Hbond substituents is 1. The van der Waals surface area contributed by atoms with Crippen molar-refractivity contribution in [2.45, 2.75) is 49.4 Å². The van der Waals surface area contributed by atoms with Crippen LogP contribution in [-0.4, -0.2) is 76.6 Å². The summed E-state index contributed by atoms with van der Waals surface area (Å²) in [5, 5.41) is 15.7. The van der Waals surface area contributed by atoms with Crippen molar-refractivity contribution in [3.05, 3.63) is 60.2 Å². The predicted molar refractivity (Wildman–Crippen MR) is 165 cm³/mol. The number of rotatable bonds is 6. The van der Waals surface area contributed by atoms with E-state index >= 15 is 4.39 Å². The minimum atomic E-state index is -0.898. The van der Waals surface area contributed by atoms with Crippen LogP contribution in [0.1, 0.15) is 37.7 Å². The van der Waals surface area contributed by atoms with Gasteiger partial charge in [-0.2, -0.15) is 9.97 Å². The molecule has 3 aromatic carbocycles. The molecule has 228 valence electrons. The number of aromatic nitrogens is 2. The Morgan fingerprint density at radius 1 is 1.09 bits per heavy atom. The largest absolute Gasteiger partial charge is 0.508 e. The maximum atomic E-state index is 16.8. The van der Waals surface area contributed by atoms with Gasteiger partial charge in [0.1, 0.15) is 35.7 Å². The number of hydrogen-bond donors (Lipinski definition) is 2. The quantitative estimate of drug-likeness (QED) is 0.282. The van der Waals surface area contributed by atoms with E-state index in [2.05, 4.69) is 26.7 Å². The van der Waals surface area contributed by atoms with Crippen molar-refractivity contribution in [1.82, 2.24) is 20.2 Å². The first-order chi connectivity index (χ1) is 21.3. The molecule has 4 aliphatic heterocycles. The number of aromatic hydroxyl groups is 1. The summed E-state index contributed by atoms with van der Waals surface area (Å²) in [6.45, 7) is 7.70. The van der Waals surface area contributed by atoms with E-state index in [-0.39, 0.29) is 40.5 Å². The molecule has 0 bridgehead atoms. The van der Waals surface area contributed by atoms with E-state index in [4.69, 9.17) is 9.72 Å². The van der Waals surface area contributed by atoms with E-state index in [1.165, 1.54) is 24.3 Å². The van der Waals surface area contributed by atoms with Crippen molar-refractivity contribution < 1.29 is 23.0 Å². The van der Waals surface area contributed by atoms with Crippen LogP contribution in [-0.2, 0) is 0 Å². The molecular weight excluding hydrogens is 567 g/mol. The summed E-state index contributed by atoms with van der Waals surface area (Å²) in [7, 11) is 0. The van der Waals surface area contributed by atoms with Crippen molar-refractivity contribution in [3.63, 3.8) is 0 Å². The zero-order valence-corrected chi connectivity index (χ0v) is 24.4. The molecule has 4 aliphatic rings. The third kappa shape index (κ3) is 4.25. The molecule has 44 heavy (non-hydrogen) atoms. The van der Waals surface area contributed by atoms with Crippen molar-refractivity contribution >= 4 is 33.6 Å². The Balaban J connectivity index is 1.27. The Morgan fingerprint density at radius 3 is 2.73 bits per heavy atom. The third-order valence-corrected chi connectivity index (χ3v) is 10.3. The van der Waals surface area contributed by atoms with Crippen LogP contribution in [0.4, 0.5) is 19.0 Å².